The molecule has 124 valence electrons. The molecular weight excluding hydrogens is 300 g/mol. The maximum absolute atomic E-state index is 12.0. The van der Waals surface area contributed by atoms with Crippen LogP contribution in [0.3, 0.4) is 0 Å². The lowest BCUT2D eigenvalue weighted by molar-refractivity contribution is -0.384. The number of nitrogens with zero attached hydrogens (tertiary/aromatic N) is 3. The van der Waals surface area contributed by atoms with Crippen molar-refractivity contribution in [3.05, 3.63) is 33.9 Å². The average molecular weight is 320 g/mol. The first-order chi connectivity index (χ1) is 11.0. The number of nitro groups is 1. The number of anilines is 1. The Morgan fingerprint density at radius 3 is 2.43 bits per heavy atom. The van der Waals surface area contributed by atoms with Crippen molar-refractivity contribution < 1.29 is 14.5 Å². The van der Waals surface area contributed by atoms with Crippen LogP contribution in [-0.2, 0) is 4.79 Å². The van der Waals surface area contributed by atoms with E-state index in [0.29, 0.717) is 38.3 Å². The lowest BCUT2D eigenvalue weighted by Crippen LogP contribution is -2.49. The van der Waals surface area contributed by atoms with Crippen molar-refractivity contribution in [3.63, 3.8) is 0 Å². The van der Waals surface area contributed by atoms with Gasteiger partial charge in [0.15, 0.2) is 0 Å². The Bertz CT molecular complexity index is 624. The monoisotopic (exact) mass is 320 g/mol. The van der Waals surface area contributed by atoms with Crippen molar-refractivity contribution in [2.24, 2.45) is 0 Å². The van der Waals surface area contributed by atoms with E-state index in [0.717, 1.165) is 0 Å². The number of piperazine rings is 1. The number of carbonyl (C=O) groups excluding carboxylic acids is 2. The minimum absolute atomic E-state index is 0.111. The Morgan fingerprint density at radius 2 is 1.91 bits per heavy atom. The summed E-state index contributed by atoms with van der Waals surface area (Å²) >= 11 is 0. The summed E-state index contributed by atoms with van der Waals surface area (Å²) < 4.78 is 0. The molecule has 0 radical (unpaired) electrons. The molecule has 1 fully saturated rings. The van der Waals surface area contributed by atoms with Crippen LogP contribution in [0.25, 0.3) is 0 Å². The number of nitrogens with one attached hydrogen (secondary N) is 1. The van der Waals surface area contributed by atoms with Gasteiger partial charge in [-0.3, -0.25) is 19.7 Å². The van der Waals surface area contributed by atoms with Crippen LogP contribution in [0.2, 0.25) is 0 Å². The molecule has 1 aliphatic rings. The van der Waals surface area contributed by atoms with E-state index in [1.807, 2.05) is 11.8 Å². The second kappa shape index (κ2) is 7.08. The molecule has 8 heteroatoms. The molecule has 2 rings (SSSR count). The number of non-ortho nitro benzene ring substituents is 1. The maximum atomic E-state index is 12.0. The summed E-state index contributed by atoms with van der Waals surface area (Å²) in [7, 11) is 1.49. The molecule has 0 aromatic heterocycles. The van der Waals surface area contributed by atoms with Crippen LogP contribution >= 0.6 is 0 Å². The van der Waals surface area contributed by atoms with Gasteiger partial charge < -0.3 is 15.1 Å². The minimum atomic E-state index is -0.520. The zero-order valence-corrected chi connectivity index (χ0v) is 13.2. The molecule has 1 heterocycles. The Hall–Kier alpha value is -2.64. The van der Waals surface area contributed by atoms with Gasteiger partial charge in [0.25, 0.3) is 11.6 Å². The molecule has 8 nitrogen and oxygen atoms in total. The van der Waals surface area contributed by atoms with Crippen molar-refractivity contribution in [2.75, 3.05) is 38.1 Å². The lowest BCUT2D eigenvalue weighted by atomic mass is 10.1. The molecule has 1 saturated heterocycles. The Morgan fingerprint density at radius 1 is 1.26 bits per heavy atom. The summed E-state index contributed by atoms with van der Waals surface area (Å²) in [6.07, 6.45) is 0.473. The summed E-state index contributed by atoms with van der Waals surface area (Å²) in [5.74, 6) is -0.254. The van der Waals surface area contributed by atoms with Crippen molar-refractivity contribution in [3.8, 4) is 0 Å². The number of hydrogen-bond acceptors (Lipinski definition) is 5. The quantitative estimate of drug-likeness (QED) is 0.660. The van der Waals surface area contributed by atoms with Crippen LogP contribution in [0.1, 0.15) is 23.7 Å². The summed E-state index contributed by atoms with van der Waals surface area (Å²) in [5, 5.41) is 13.4. The van der Waals surface area contributed by atoms with Gasteiger partial charge >= 0.3 is 0 Å². The maximum Gasteiger partial charge on any atom is 0.270 e. The van der Waals surface area contributed by atoms with Gasteiger partial charge in [-0.1, -0.05) is 6.92 Å². The van der Waals surface area contributed by atoms with E-state index in [-0.39, 0.29) is 23.1 Å². The van der Waals surface area contributed by atoms with E-state index in [1.165, 1.54) is 19.2 Å². The molecule has 1 aliphatic heterocycles. The van der Waals surface area contributed by atoms with Crippen molar-refractivity contribution >= 4 is 23.2 Å². The molecule has 0 aliphatic carbocycles. The van der Waals surface area contributed by atoms with Crippen molar-refractivity contribution in [1.82, 2.24) is 10.2 Å². The standard InChI is InChI=1S/C15H20N4O4/c1-3-14(20)18-8-6-17(7-9-18)13-5-4-11(19(22)23)10-12(13)15(21)16-2/h4-5,10H,3,6-9H2,1-2H3,(H,16,21). The molecule has 1 aromatic rings. The van der Waals surface area contributed by atoms with Crippen LogP contribution < -0.4 is 10.2 Å². The highest BCUT2D eigenvalue weighted by molar-refractivity contribution is 6.00. The largest absolute Gasteiger partial charge is 0.367 e. The first-order valence-electron chi connectivity index (χ1n) is 7.51. The number of carbonyl (C=O) groups is 2. The second-order valence-corrected chi connectivity index (χ2v) is 5.26. The molecule has 0 bridgehead atoms. The first kappa shape index (κ1) is 16.7. The van der Waals surface area contributed by atoms with Gasteiger partial charge in [-0.05, 0) is 6.07 Å². The minimum Gasteiger partial charge on any atom is -0.367 e. The zero-order valence-electron chi connectivity index (χ0n) is 13.2. The van der Waals surface area contributed by atoms with Crippen LogP contribution in [0.4, 0.5) is 11.4 Å². The normalized spacial score (nSPS) is 14.5. The molecular formula is C15H20N4O4. The smallest absolute Gasteiger partial charge is 0.270 e. The Labute approximate surface area is 134 Å². The molecule has 0 atom stereocenters. The SMILES string of the molecule is CCC(=O)N1CCN(c2ccc([N+](=O)[O-])cc2C(=O)NC)CC1. The fourth-order valence-corrected chi connectivity index (χ4v) is 2.65. The van der Waals surface area contributed by atoms with E-state index < -0.39 is 4.92 Å². The van der Waals surface area contributed by atoms with Gasteiger partial charge in [-0.2, -0.15) is 0 Å². The van der Waals surface area contributed by atoms with Crippen LogP contribution in [0.5, 0.6) is 0 Å². The van der Waals surface area contributed by atoms with Crippen LogP contribution in [0.15, 0.2) is 18.2 Å². The third-order valence-electron chi connectivity index (χ3n) is 3.94. The summed E-state index contributed by atoms with van der Waals surface area (Å²) in [5.41, 5.74) is 0.808. The predicted octanol–water partition coefficient (Wildman–Crippen LogP) is 1.01. The fourth-order valence-electron chi connectivity index (χ4n) is 2.65. The van der Waals surface area contributed by atoms with Crippen LogP contribution in [-0.4, -0.2) is 54.9 Å². The van der Waals surface area contributed by atoms with Crippen LogP contribution in [0, 0.1) is 10.1 Å². The molecule has 23 heavy (non-hydrogen) atoms. The van der Waals surface area contributed by atoms with E-state index in [1.54, 1.807) is 11.0 Å². The van der Waals surface area contributed by atoms with Gasteiger partial charge in [-0.15, -0.1) is 0 Å². The van der Waals surface area contributed by atoms with Gasteiger partial charge in [0.1, 0.15) is 0 Å². The zero-order chi connectivity index (χ0) is 17.0. The van der Waals surface area contributed by atoms with Gasteiger partial charge in [-0.25, -0.2) is 0 Å². The van der Waals surface area contributed by atoms with Gasteiger partial charge in [0, 0.05) is 51.8 Å². The molecule has 2 amide bonds. The molecule has 1 aromatic carbocycles. The van der Waals surface area contributed by atoms with E-state index >= 15 is 0 Å². The predicted molar refractivity (Wildman–Crippen MR) is 85.6 cm³/mol. The van der Waals surface area contributed by atoms with Gasteiger partial charge in [0.2, 0.25) is 5.91 Å². The Kier molecular flexibility index (Phi) is 5.15. The number of nitro benzene ring substituents is 1. The molecule has 1 N–H and O–H groups in total. The van der Waals surface area contributed by atoms with E-state index in [2.05, 4.69) is 5.32 Å². The first-order valence-corrected chi connectivity index (χ1v) is 7.51. The van der Waals surface area contributed by atoms with E-state index in [4.69, 9.17) is 0 Å². The number of amides is 2. The third kappa shape index (κ3) is 3.58. The summed E-state index contributed by atoms with van der Waals surface area (Å²) in [4.78, 5) is 37.9. The Balaban J connectivity index is 2.24. The highest BCUT2D eigenvalue weighted by Crippen LogP contribution is 2.26. The average Bonchev–Trinajstić information content (AvgIpc) is 2.59. The fraction of sp³-hybridized carbons (Fsp3) is 0.467. The summed E-state index contributed by atoms with van der Waals surface area (Å²) in [6, 6.07) is 4.28. The highest BCUT2D eigenvalue weighted by Gasteiger charge is 2.24. The lowest BCUT2D eigenvalue weighted by Gasteiger charge is -2.36. The topological polar surface area (TPSA) is 95.8 Å². The molecule has 0 unspecified atom stereocenters. The van der Waals surface area contributed by atoms with Gasteiger partial charge in [0.05, 0.1) is 16.2 Å². The number of rotatable bonds is 4. The molecule has 0 spiro atoms. The van der Waals surface area contributed by atoms with Crippen molar-refractivity contribution in [2.45, 2.75) is 13.3 Å². The number of benzene rings is 1. The summed E-state index contributed by atoms with van der Waals surface area (Å²) in [6.45, 7) is 4.17. The molecule has 0 saturated carbocycles. The van der Waals surface area contributed by atoms with Crippen molar-refractivity contribution in [1.29, 1.82) is 0 Å². The third-order valence-corrected chi connectivity index (χ3v) is 3.94. The van der Waals surface area contributed by atoms with E-state index in [9.17, 15) is 19.7 Å². The number of hydrogen-bond donors (Lipinski definition) is 1. The highest BCUT2D eigenvalue weighted by atomic mass is 16.6. The second-order valence-electron chi connectivity index (χ2n) is 5.26.